The standard InChI is InChI=1S/C12H18.C8H12.Rh/c1-7-8(2)10(4)12(6)11(5)9(7)3;1-2-4-6-8-7-5-3-1;/h1-6H3;1-2,7-8H,3-6H2;/b;2-1-,8-7-;. The molecule has 0 saturated heterocycles. The van der Waals surface area contributed by atoms with E-state index < -0.39 is 0 Å². The van der Waals surface area contributed by atoms with Crippen LogP contribution in [0.4, 0.5) is 0 Å². The van der Waals surface area contributed by atoms with Crippen LogP contribution >= 0.6 is 0 Å². The van der Waals surface area contributed by atoms with Gasteiger partial charge in [-0.1, -0.05) is 24.3 Å². The molecule has 0 aromatic heterocycles. The molecule has 0 bridgehead atoms. The number of allylic oxidation sites excluding steroid dienone is 4. The van der Waals surface area contributed by atoms with E-state index in [2.05, 4.69) is 65.8 Å². The van der Waals surface area contributed by atoms with Gasteiger partial charge in [-0.05, 0) is 101 Å². The fourth-order valence-corrected chi connectivity index (χ4v) is 2.54. The van der Waals surface area contributed by atoms with Gasteiger partial charge in [0.2, 0.25) is 0 Å². The summed E-state index contributed by atoms with van der Waals surface area (Å²) in [6, 6.07) is 0. The second kappa shape index (κ2) is 10.1. The molecule has 0 N–H and O–H groups in total. The van der Waals surface area contributed by atoms with Crippen molar-refractivity contribution in [1.29, 1.82) is 0 Å². The van der Waals surface area contributed by atoms with Crippen LogP contribution in [0.15, 0.2) is 24.3 Å². The van der Waals surface area contributed by atoms with Crippen molar-refractivity contribution in [3.63, 3.8) is 0 Å². The summed E-state index contributed by atoms with van der Waals surface area (Å²) in [5.74, 6) is 0. The summed E-state index contributed by atoms with van der Waals surface area (Å²) >= 11 is 0. The average molecular weight is 373 g/mol. The van der Waals surface area contributed by atoms with Crippen molar-refractivity contribution in [3.8, 4) is 0 Å². The molecule has 1 heteroatoms. The van der Waals surface area contributed by atoms with Gasteiger partial charge in [0, 0.05) is 19.5 Å². The normalized spacial score (nSPS) is 16.7. The maximum absolute atomic E-state index is 2.27. The Morgan fingerprint density at radius 1 is 0.429 bits per heavy atom. The third-order valence-corrected chi connectivity index (χ3v) is 4.71. The van der Waals surface area contributed by atoms with Gasteiger partial charge in [0.05, 0.1) is 0 Å². The van der Waals surface area contributed by atoms with Gasteiger partial charge in [-0.25, -0.2) is 0 Å². The van der Waals surface area contributed by atoms with Gasteiger partial charge < -0.3 is 0 Å². The first-order chi connectivity index (χ1) is 9.46. The van der Waals surface area contributed by atoms with E-state index in [0.717, 1.165) is 0 Å². The summed E-state index contributed by atoms with van der Waals surface area (Å²) in [6.07, 6.45) is 14.0. The number of hydrogen-bond acceptors (Lipinski definition) is 0. The monoisotopic (exact) mass is 373 g/mol. The van der Waals surface area contributed by atoms with Crippen LogP contribution in [0.1, 0.15) is 59.1 Å². The first kappa shape index (κ1) is 20.3. The third kappa shape index (κ3) is 5.91. The van der Waals surface area contributed by atoms with Crippen LogP contribution < -0.4 is 0 Å². The molecule has 0 saturated carbocycles. The Balaban J connectivity index is 0.000000390. The van der Waals surface area contributed by atoms with E-state index >= 15 is 0 Å². The summed E-state index contributed by atoms with van der Waals surface area (Å²) in [4.78, 5) is 0. The molecule has 0 heterocycles. The molecule has 1 aliphatic carbocycles. The van der Waals surface area contributed by atoms with Crippen LogP contribution in [-0.2, 0) is 19.5 Å². The van der Waals surface area contributed by atoms with E-state index in [1.165, 1.54) is 59.1 Å². The second-order valence-electron chi connectivity index (χ2n) is 5.85. The van der Waals surface area contributed by atoms with Crippen LogP contribution in [0, 0.1) is 41.5 Å². The summed E-state index contributed by atoms with van der Waals surface area (Å²) in [7, 11) is 0. The fraction of sp³-hybridized carbons (Fsp3) is 0.500. The Kier molecular flexibility index (Phi) is 9.79. The Bertz CT molecular complexity index is 376. The van der Waals surface area contributed by atoms with Crippen LogP contribution in [0.3, 0.4) is 0 Å². The quantitative estimate of drug-likeness (QED) is 0.375. The molecule has 1 aliphatic rings. The van der Waals surface area contributed by atoms with Gasteiger partial charge >= 0.3 is 0 Å². The Morgan fingerprint density at radius 2 is 0.571 bits per heavy atom. The van der Waals surface area contributed by atoms with Crippen LogP contribution in [0.2, 0.25) is 0 Å². The number of rotatable bonds is 0. The van der Waals surface area contributed by atoms with Crippen molar-refractivity contribution in [3.05, 3.63) is 57.7 Å². The van der Waals surface area contributed by atoms with Crippen molar-refractivity contribution >= 4 is 0 Å². The summed E-state index contributed by atoms with van der Waals surface area (Å²) in [5, 5.41) is 0. The van der Waals surface area contributed by atoms with Gasteiger partial charge in [0.15, 0.2) is 0 Å². The smallest absolute Gasteiger partial charge is 0 e. The Morgan fingerprint density at radius 3 is 0.714 bits per heavy atom. The topological polar surface area (TPSA) is 0 Å². The van der Waals surface area contributed by atoms with Gasteiger partial charge in [0.25, 0.3) is 0 Å². The number of hydrogen-bond donors (Lipinski definition) is 0. The van der Waals surface area contributed by atoms with Gasteiger partial charge in [-0.3, -0.25) is 0 Å². The molecule has 1 aromatic carbocycles. The fourth-order valence-electron chi connectivity index (χ4n) is 2.54. The summed E-state index contributed by atoms with van der Waals surface area (Å²) in [5.41, 5.74) is 8.73. The summed E-state index contributed by atoms with van der Waals surface area (Å²) in [6.45, 7) is 13.3. The molecule has 21 heavy (non-hydrogen) atoms. The van der Waals surface area contributed by atoms with E-state index in [1.807, 2.05) is 0 Å². The molecular formula is C20H30Rh. The van der Waals surface area contributed by atoms with Gasteiger partial charge in [-0.2, -0.15) is 0 Å². The van der Waals surface area contributed by atoms with Gasteiger partial charge in [-0.15, -0.1) is 0 Å². The van der Waals surface area contributed by atoms with E-state index in [1.54, 1.807) is 0 Å². The molecule has 0 spiro atoms. The first-order valence-corrected chi connectivity index (χ1v) is 7.80. The molecule has 0 unspecified atom stereocenters. The molecule has 0 amide bonds. The SMILES string of the molecule is C1=C\CC/C=C\CC/1.Cc1c(C)c(C)c(C)c(C)c1C.[Rh]. The number of benzene rings is 1. The minimum atomic E-state index is 0. The molecule has 119 valence electrons. The molecule has 0 fully saturated rings. The predicted octanol–water partition coefficient (Wildman–Crippen LogP) is 6.21. The minimum Gasteiger partial charge on any atom is -0.0882 e. The largest absolute Gasteiger partial charge is 0.0882 e. The van der Waals surface area contributed by atoms with Gasteiger partial charge in [0.1, 0.15) is 0 Å². The van der Waals surface area contributed by atoms with Crippen molar-refractivity contribution in [2.24, 2.45) is 0 Å². The maximum Gasteiger partial charge on any atom is 0 e. The zero-order chi connectivity index (χ0) is 15.1. The molecule has 2 rings (SSSR count). The van der Waals surface area contributed by atoms with E-state index in [9.17, 15) is 0 Å². The third-order valence-electron chi connectivity index (χ3n) is 4.71. The predicted molar refractivity (Wildman–Crippen MR) is 91.6 cm³/mol. The average Bonchev–Trinajstić information content (AvgIpc) is 2.41. The Hall–Kier alpha value is -0.677. The molecule has 0 nitrogen and oxygen atoms in total. The van der Waals surface area contributed by atoms with E-state index in [4.69, 9.17) is 0 Å². The van der Waals surface area contributed by atoms with Crippen molar-refractivity contribution in [1.82, 2.24) is 0 Å². The first-order valence-electron chi connectivity index (χ1n) is 7.80. The van der Waals surface area contributed by atoms with Crippen molar-refractivity contribution in [2.75, 3.05) is 0 Å². The van der Waals surface area contributed by atoms with E-state index in [-0.39, 0.29) is 19.5 Å². The second-order valence-corrected chi connectivity index (χ2v) is 5.85. The molecule has 0 aliphatic heterocycles. The zero-order valence-electron chi connectivity index (χ0n) is 14.5. The zero-order valence-corrected chi connectivity index (χ0v) is 16.1. The molecule has 1 aromatic rings. The van der Waals surface area contributed by atoms with Crippen molar-refractivity contribution < 1.29 is 19.5 Å². The molecular weight excluding hydrogens is 343 g/mol. The van der Waals surface area contributed by atoms with E-state index in [0.29, 0.717) is 0 Å². The summed E-state index contributed by atoms with van der Waals surface area (Å²) < 4.78 is 0. The van der Waals surface area contributed by atoms with Crippen LogP contribution in [0.25, 0.3) is 0 Å². The Labute approximate surface area is 144 Å². The van der Waals surface area contributed by atoms with Crippen molar-refractivity contribution in [2.45, 2.75) is 67.2 Å². The molecule has 0 atom stereocenters. The van der Waals surface area contributed by atoms with Crippen LogP contribution in [0.5, 0.6) is 0 Å². The minimum absolute atomic E-state index is 0. The molecule has 1 radical (unpaired) electrons. The maximum atomic E-state index is 2.27. The van der Waals surface area contributed by atoms with Crippen LogP contribution in [-0.4, -0.2) is 0 Å².